The Morgan fingerprint density at radius 1 is 1.50 bits per heavy atom. The lowest BCUT2D eigenvalue weighted by molar-refractivity contribution is -0.131. The van der Waals surface area contributed by atoms with Crippen LogP contribution in [0.5, 0.6) is 11.5 Å². The number of benzene rings is 1. The lowest BCUT2D eigenvalue weighted by atomic mass is 10.2. The first-order chi connectivity index (χ1) is 7.56. The first-order valence-electron chi connectivity index (χ1n) is 5.21. The van der Waals surface area contributed by atoms with Gasteiger partial charge >= 0.3 is 0 Å². The van der Waals surface area contributed by atoms with Crippen LogP contribution < -0.4 is 4.74 Å². The third-order valence-electron chi connectivity index (χ3n) is 2.51. The van der Waals surface area contributed by atoms with Crippen LogP contribution in [0.2, 0.25) is 0 Å². The molecule has 0 aromatic heterocycles. The van der Waals surface area contributed by atoms with Gasteiger partial charge in [-0.15, -0.1) is 0 Å². The first-order valence-corrected chi connectivity index (χ1v) is 5.21. The van der Waals surface area contributed by atoms with Crippen molar-refractivity contribution in [2.75, 3.05) is 20.2 Å². The molecule has 1 aromatic rings. The topological polar surface area (TPSA) is 49.8 Å². The molecule has 1 aromatic carbocycles. The van der Waals surface area contributed by atoms with Crippen LogP contribution in [0.3, 0.4) is 0 Å². The molecular formula is C12H17NO3. The van der Waals surface area contributed by atoms with E-state index in [1.807, 2.05) is 6.92 Å². The Bertz CT molecular complexity index is 377. The van der Waals surface area contributed by atoms with E-state index in [-0.39, 0.29) is 18.3 Å². The molecule has 1 N–H and O–H groups in total. The Morgan fingerprint density at radius 3 is 2.81 bits per heavy atom. The minimum absolute atomic E-state index is 0.00532. The molecule has 0 saturated carbocycles. The van der Waals surface area contributed by atoms with Gasteiger partial charge in [-0.25, -0.2) is 0 Å². The molecule has 0 aliphatic carbocycles. The van der Waals surface area contributed by atoms with Crippen LogP contribution in [0.4, 0.5) is 0 Å². The van der Waals surface area contributed by atoms with Crippen molar-refractivity contribution < 1.29 is 14.6 Å². The predicted octanol–water partition coefficient (Wildman–Crippen LogP) is 1.56. The zero-order valence-electron chi connectivity index (χ0n) is 9.86. The molecule has 0 saturated heterocycles. The van der Waals surface area contributed by atoms with E-state index < -0.39 is 0 Å². The maximum atomic E-state index is 11.5. The van der Waals surface area contributed by atoms with Crippen LogP contribution in [0.25, 0.3) is 0 Å². The molecule has 0 unspecified atom stereocenters. The average Bonchev–Trinajstić information content (AvgIpc) is 2.29. The van der Waals surface area contributed by atoms with Gasteiger partial charge in [-0.05, 0) is 26.0 Å². The number of aromatic hydroxyl groups is 1. The normalized spacial score (nSPS) is 9.94. The summed E-state index contributed by atoms with van der Waals surface area (Å²) in [6, 6.07) is 5.00. The monoisotopic (exact) mass is 223 g/mol. The minimum Gasteiger partial charge on any atom is -0.508 e. The summed E-state index contributed by atoms with van der Waals surface area (Å²) in [5.41, 5.74) is 0.648. The van der Waals surface area contributed by atoms with Crippen LogP contribution in [0, 0.1) is 6.92 Å². The summed E-state index contributed by atoms with van der Waals surface area (Å²) in [4.78, 5) is 13.1. The van der Waals surface area contributed by atoms with Gasteiger partial charge in [0.25, 0.3) is 5.91 Å². The smallest absolute Gasteiger partial charge is 0.260 e. The molecular weight excluding hydrogens is 206 g/mol. The van der Waals surface area contributed by atoms with Gasteiger partial charge < -0.3 is 14.7 Å². The summed E-state index contributed by atoms with van der Waals surface area (Å²) in [7, 11) is 1.72. The highest BCUT2D eigenvalue weighted by Gasteiger charge is 2.09. The van der Waals surface area contributed by atoms with Crippen molar-refractivity contribution >= 4 is 5.91 Å². The van der Waals surface area contributed by atoms with Crippen LogP contribution in [0.15, 0.2) is 18.2 Å². The average molecular weight is 223 g/mol. The first kappa shape index (κ1) is 12.4. The standard InChI is InChI=1S/C12H17NO3/c1-4-13(3)12(15)8-16-11-7-5-6-10(14)9(11)2/h5-7,14H,4,8H2,1-3H3. The molecule has 16 heavy (non-hydrogen) atoms. The number of ether oxygens (including phenoxy) is 1. The zero-order chi connectivity index (χ0) is 12.1. The van der Waals surface area contributed by atoms with Crippen molar-refractivity contribution in [3.8, 4) is 11.5 Å². The fourth-order valence-corrected chi connectivity index (χ4v) is 1.19. The van der Waals surface area contributed by atoms with Gasteiger partial charge in [0.15, 0.2) is 6.61 Å². The molecule has 4 nitrogen and oxygen atoms in total. The molecule has 0 radical (unpaired) electrons. The second-order valence-corrected chi connectivity index (χ2v) is 3.60. The SMILES string of the molecule is CCN(C)C(=O)COc1cccc(O)c1C. The second kappa shape index (κ2) is 5.39. The molecule has 0 bridgehead atoms. The summed E-state index contributed by atoms with van der Waals surface area (Å²) in [6.07, 6.45) is 0. The summed E-state index contributed by atoms with van der Waals surface area (Å²) in [5, 5.41) is 9.45. The number of amides is 1. The van der Waals surface area contributed by atoms with Gasteiger partial charge in [0.05, 0.1) is 0 Å². The highest BCUT2D eigenvalue weighted by molar-refractivity contribution is 5.77. The van der Waals surface area contributed by atoms with Gasteiger partial charge in [0, 0.05) is 19.2 Å². The Labute approximate surface area is 95.5 Å². The van der Waals surface area contributed by atoms with E-state index in [1.54, 1.807) is 37.1 Å². The summed E-state index contributed by atoms with van der Waals surface area (Å²) in [5.74, 6) is 0.636. The predicted molar refractivity (Wildman–Crippen MR) is 61.6 cm³/mol. The van der Waals surface area contributed by atoms with E-state index in [9.17, 15) is 9.90 Å². The van der Waals surface area contributed by atoms with Gasteiger partial charge in [-0.1, -0.05) is 6.07 Å². The Morgan fingerprint density at radius 2 is 2.19 bits per heavy atom. The van der Waals surface area contributed by atoms with Gasteiger partial charge in [0.1, 0.15) is 11.5 Å². The maximum absolute atomic E-state index is 11.5. The summed E-state index contributed by atoms with van der Waals surface area (Å²) >= 11 is 0. The molecule has 0 fully saturated rings. The van der Waals surface area contributed by atoms with Crippen LogP contribution in [0.1, 0.15) is 12.5 Å². The quantitative estimate of drug-likeness (QED) is 0.842. The number of rotatable bonds is 4. The molecule has 4 heteroatoms. The molecule has 1 rings (SSSR count). The maximum Gasteiger partial charge on any atom is 0.260 e. The molecule has 0 spiro atoms. The van der Waals surface area contributed by atoms with Crippen molar-refractivity contribution in [1.82, 2.24) is 4.90 Å². The van der Waals surface area contributed by atoms with Gasteiger partial charge in [-0.3, -0.25) is 4.79 Å². The second-order valence-electron chi connectivity index (χ2n) is 3.60. The number of phenolic OH excluding ortho intramolecular Hbond substituents is 1. The summed E-state index contributed by atoms with van der Waals surface area (Å²) < 4.78 is 5.35. The highest BCUT2D eigenvalue weighted by Crippen LogP contribution is 2.25. The van der Waals surface area contributed by atoms with Crippen molar-refractivity contribution in [3.63, 3.8) is 0 Å². The van der Waals surface area contributed by atoms with Crippen molar-refractivity contribution in [1.29, 1.82) is 0 Å². The van der Waals surface area contributed by atoms with Crippen LogP contribution >= 0.6 is 0 Å². The number of nitrogens with zero attached hydrogens (tertiary/aromatic N) is 1. The number of carbonyl (C=O) groups is 1. The molecule has 88 valence electrons. The Hall–Kier alpha value is -1.71. The number of carbonyl (C=O) groups excluding carboxylic acids is 1. The Balaban J connectivity index is 2.61. The Kier molecular flexibility index (Phi) is 4.17. The van der Waals surface area contributed by atoms with Gasteiger partial charge in [0.2, 0.25) is 0 Å². The number of hydrogen-bond donors (Lipinski definition) is 1. The van der Waals surface area contributed by atoms with Crippen molar-refractivity contribution in [2.45, 2.75) is 13.8 Å². The van der Waals surface area contributed by atoms with E-state index in [1.165, 1.54) is 0 Å². The third kappa shape index (κ3) is 2.89. The number of likely N-dealkylation sites (N-methyl/N-ethyl adjacent to an activating group) is 1. The fourth-order valence-electron chi connectivity index (χ4n) is 1.19. The van der Waals surface area contributed by atoms with Gasteiger partial charge in [-0.2, -0.15) is 0 Å². The molecule has 0 aliphatic heterocycles. The third-order valence-corrected chi connectivity index (χ3v) is 2.51. The molecule has 0 heterocycles. The molecule has 0 atom stereocenters. The molecule has 1 amide bonds. The van der Waals surface area contributed by atoms with Crippen molar-refractivity contribution in [3.05, 3.63) is 23.8 Å². The van der Waals surface area contributed by atoms with E-state index in [0.717, 1.165) is 0 Å². The summed E-state index contributed by atoms with van der Waals surface area (Å²) in [6.45, 7) is 4.30. The minimum atomic E-state index is -0.0785. The lowest BCUT2D eigenvalue weighted by Crippen LogP contribution is -2.31. The van der Waals surface area contributed by atoms with E-state index >= 15 is 0 Å². The largest absolute Gasteiger partial charge is 0.508 e. The number of phenols is 1. The lowest BCUT2D eigenvalue weighted by Gasteiger charge is -2.15. The zero-order valence-corrected chi connectivity index (χ0v) is 9.86. The van der Waals surface area contributed by atoms with E-state index in [0.29, 0.717) is 17.9 Å². The molecule has 0 aliphatic rings. The van der Waals surface area contributed by atoms with Crippen LogP contribution in [-0.4, -0.2) is 36.1 Å². The highest BCUT2D eigenvalue weighted by atomic mass is 16.5. The van der Waals surface area contributed by atoms with E-state index in [2.05, 4.69) is 0 Å². The van der Waals surface area contributed by atoms with E-state index in [4.69, 9.17) is 4.74 Å². The fraction of sp³-hybridized carbons (Fsp3) is 0.417. The van der Waals surface area contributed by atoms with Crippen LogP contribution in [-0.2, 0) is 4.79 Å². The number of hydrogen-bond acceptors (Lipinski definition) is 3. The van der Waals surface area contributed by atoms with Crippen molar-refractivity contribution in [2.24, 2.45) is 0 Å².